The van der Waals surface area contributed by atoms with E-state index in [1.54, 1.807) is 32.4 Å². The number of nitrogens with two attached hydrogens (primary N) is 1. The number of carbonyl (C=O) groups is 1. The first-order valence-corrected chi connectivity index (χ1v) is 9.69. The van der Waals surface area contributed by atoms with Crippen LogP contribution in [0.2, 0.25) is 0 Å². The van der Waals surface area contributed by atoms with E-state index in [-0.39, 0.29) is 18.5 Å². The van der Waals surface area contributed by atoms with Crippen molar-refractivity contribution < 1.29 is 19.0 Å². The van der Waals surface area contributed by atoms with Crippen LogP contribution < -0.4 is 19.9 Å². The predicted octanol–water partition coefficient (Wildman–Crippen LogP) is 3.99. The Hall–Kier alpha value is -2.99. The zero-order valence-corrected chi connectivity index (χ0v) is 17.3. The number of carbonyl (C=O) groups excluding carboxylic acids is 1. The number of rotatable bonds is 7. The van der Waals surface area contributed by atoms with Gasteiger partial charge in [0.05, 0.1) is 25.8 Å². The summed E-state index contributed by atoms with van der Waals surface area (Å²) in [6.45, 7) is 5.09. The van der Waals surface area contributed by atoms with E-state index in [0.29, 0.717) is 41.0 Å². The van der Waals surface area contributed by atoms with E-state index in [4.69, 9.17) is 19.9 Å². The molecule has 1 aliphatic rings. The highest BCUT2D eigenvalue weighted by molar-refractivity contribution is 5.95. The second-order valence-electron chi connectivity index (χ2n) is 7.23. The third-order valence-corrected chi connectivity index (χ3v) is 5.08. The smallest absolute Gasteiger partial charge is 0.254 e. The van der Waals surface area contributed by atoms with Crippen molar-refractivity contribution in [1.82, 2.24) is 4.90 Å². The molecule has 1 aliphatic heterocycles. The van der Waals surface area contributed by atoms with Gasteiger partial charge in [0.15, 0.2) is 11.5 Å². The molecule has 29 heavy (non-hydrogen) atoms. The van der Waals surface area contributed by atoms with Crippen LogP contribution in [-0.2, 0) is 6.54 Å². The molecule has 0 bridgehead atoms. The fourth-order valence-electron chi connectivity index (χ4n) is 3.55. The summed E-state index contributed by atoms with van der Waals surface area (Å²) >= 11 is 0. The van der Waals surface area contributed by atoms with E-state index in [0.717, 1.165) is 5.56 Å². The van der Waals surface area contributed by atoms with E-state index < -0.39 is 0 Å². The molecule has 1 unspecified atom stereocenters. The zero-order chi connectivity index (χ0) is 21.0. The molecule has 1 heterocycles. The fraction of sp³-hybridized carbons (Fsp3) is 0.348. The number of benzene rings is 2. The predicted molar refractivity (Wildman–Crippen MR) is 113 cm³/mol. The van der Waals surface area contributed by atoms with Crippen molar-refractivity contribution in [3.8, 4) is 23.0 Å². The van der Waals surface area contributed by atoms with Gasteiger partial charge in [0.25, 0.3) is 5.91 Å². The van der Waals surface area contributed by atoms with Crippen LogP contribution in [0.4, 0.5) is 0 Å². The summed E-state index contributed by atoms with van der Waals surface area (Å²) in [4.78, 5) is 15.0. The Labute approximate surface area is 171 Å². The van der Waals surface area contributed by atoms with E-state index in [9.17, 15) is 4.79 Å². The topological polar surface area (TPSA) is 74.0 Å². The second-order valence-corrected chi connectivity index (χ2v) is 7.23. The molecule has 0 aromatic heterocycles. The Morgan fingerprint density at radius 3 is 2.48 bits per heavy atom. The highest BCUT2D eigenvalue weighted by Crippen LogP contribution is 2.37. The average Bonchev–Trinajstić information content (AvgIpc) is 3.23. The molecule has 6 heteroatoms. The maximum Gasteiger partial charge on any atom is 0.254 e. The van der Waals surface area contributed by atoms with Gasteiger partial charge < -0.3 is 24.8 Å². The highest BCUT2D eigenvalue weighted by atomic mass is 16.5. The Balaban J connectivity index is 1.94. The van der Waals surface area contributed by atoms with E-state index in [1.165, 1.54) is 0 Å². The molecule has 0 aliphatic carbocycles. The molecule has 0 saturated carbocycles. The minimum Gasteiger partial charge on any atom is -0.496 e. The Morgan fingerprint density at radius 1 is 1.10 bits per heavy atom. The fourth-order valence-corrected chi connectivity index (χ4v) is 3.55. The van der Waals surface area contributed by atoms with Gasteiger partial charge in [-0.05, 0) is 36.2 Å². The van der Waals surface area contributed by atoms with Gasteiger partial charge in [-0.1, -0.05) is 32.1 Å². The van der Waals surface area contributed by atoms with Crippen molar-refractivity contribution in [2.45, 2.75) is 26.4 Å². The molecule has 1 atom stereocenters. The van der Waals surface area contributed by atoms with Crippen molar-refractivity contribution in [3.63, 3.8) is 0 Å². The zero-order valence-electron chi connectivity index (χ0n) is 17.3. The molecular formula is C23H28N2O4. The lowest BCUT2D eigenvalue weighted by atomic mass is 10.0. The third-order valence-electron chi connectivity index (χ3n) is 5.08. The lowest BCUT2D eigenvalue weighted by Gasteiger charge is -2.27. The SMILES string of the molecule is COc1ccc(C(=O)N2CC=CC2C(C)C)cc1Oc1cccc(OC)c1CN. The number of methoxy groups -OCH3 is 2. The summed E-state index contributed by atoms with van der Waals surface area (Å²) in [5.41, 5.74) is 7.19. The van der Waals surface area contributed by atoms with Crippen LogP contribution in [-0.4, -0.2) is 37.6 Å². The van der Waals surface area contributed by atoms with Crippen molar-refractivity contribution in [1.29, 1.82) is 0 Å². The van der Waals surface area contributed by atoms with Crippen molar-refractivity contribution in [2.24, 2.45) is 11.7 Å². The molecule has 154 valence electrons. The maximum atomic E-state index is 13.1. The molecule has 3 rings (SSSR count). The summed E-state index contributed by atoms with van der Waals surface area (Å²) in [6.07, 6.45) is 4.13. The van der Waals surface area contributed by atoms with Crippen molar-refractivity contribution >= 4 is 5.91 Å². The lowest BCUT2D eigenvalue weighted by Crippen LogP contribution is -2.39. The second kappa shape index (κ2) is 9.01. The largest absolute Gasteiger partial charge is 0.496 e. The van der Waals surface area contributed by atoms with E-state index in [1.807, 2.05) is 29.2 Å². The van der Waals surface area contributed by atoms with Crippen LogP contribution in [0.15, 0.2) is 48.6 Å². The molecule has 0 radical (unpaired) electrons. The maximum absolute atomic E-state index is 13.1. The Kier molecular flexibility index (Phi) is 6.44. The van der Waals surface area contributed by atoms with Crippen LogP contribution >= 0.6 is 0 Å². The number of hydrogen-bond donors (Lipinski definition) is 1. The molecular weight excluding hydrogens is 368 g/mol. The van der Waals surface area contributed by atoms with Crippen LogP contribution in [0.25, 0.3) is 0 Å². The molecule has 2 N–H and O–H groups in total. The minimum absolute atomic E-state index is 0.0362. The van der Waals surface area contributed by atoms with Gasteiger partial charge in [0, 0.05) is 18.7 Å². The minimum atomic E-state index is -0.0362. The molecule has 0 saturated heterocycles. The van der Waals surface area contributed by atoms with Gasteiger partial charge in [-0.2, -0.15) is 0 Å². The highest BCUT2D eigenvalue weighted by Gasteiger charge is 2.28. The first kappa shape index (κ1) is 20.7. The van der Waals surface area contributed by atoms with E-state index in [2.05, 4.69) is 19.9 Å². The number of nitrogens with zero attached hydrogens (tertiary/aromatic N) is 1. The first-order chi connectivity index (χ1) is 14.0. The summed E-state index contributed by atoms with van der Waals surface area (Å²) in [5, 5.41) is 0. The quantitative estimate of drug-likeness (QED) is 0.717. The Bertz CT molecular complexity index is 908. The van der Waals surface area contributed by atoms with Gasteiger partial charge in [0.1, 0.15) is 11.5 Å². The van der Waals surface area contributed by atoms with Crippen LogP contribution in [0.5, 0.6) is 23.0 Å². The number of hydrogen-bond acceptors (Lipinski definition) is 5. The van der Waals surface area contributed by atoms with Crippen LogP contribution in [0.1, 0.15) is 29.8 Å². The molecule has 6 nitrogen and oxygen atoms in total. The number of ether oxygens (including phenoxy) is 3. The summed E-state index contributed by atoms with van der Waals surface area (Å²) in [5.74, 6) is 2.51. The average molecular weight is 396 g/mol. The van der Waals surface area contributed by atoms with Crippen molar-refractivity contribution in [2.75, 3.05) is 20.8 Å². The van der Waals surface area contributed by atoms with Crippen molar-refractivity contribution in [3.05, 3.63) is 59.7 Å². The molecule has 0 spiro atoms. The summed E-state index contributed by atoms with van der Waals surface area (Å²) < 4.78 is 16.9. The van der Waals surface area contributed by atoms with Crippen LogP contribution in [0.3, 0.4) is 0 Å². The van der Waals surface area contributed by atoms with Crippen LogP contribution in [0, 0.1) is 5.92 Å². The van der Waals surface area contributed by atoms with Gasteiger partial charge in [0.2, 0.25) is 0 Å². The number of amides is 1. The summed E-state index contributed by atoms with van der Waals surface area (Å²) in [6, 6.07) is 10.8. The van der Waals surface area contributed by atoms with E-state index >= 15 is 0 Å². The normalized spacial score (nSPS) is 15.7. The third kappa shape index (κ3) is 4.22. The van der Waals surface area contributed by atoms with Gasteiger partial charge in [-0.15, -0.1) is 0 Å². The Morgan fingerprint density at radius 2 is 1.83 bits per heavy atom. The van der Waals surface area contributed by atoms with Gasteiger partial charge >= 0.3 is 0 Å². The molecule has 2 aromatic carbocycles. The standard InChI is InChI=1S/C23H28N2O4/c1-15(2)18-7-6-12-25(18)23(26)16-10-11-21(28-4)22(13-16)29-20-9-5-8-19(27-3)17(20)14-24/h5-11,13,15,18H,12,14,24H2,1-4H3. The molecule has 0 fully saturated rings. The van der Waals surface area contributed by atoms with Gasteiger partial charge in [-0.25, -0.2) is 0 Å². The molecule has 2 aromatic rings. The van der Waals surface area contributed by atoms with Gasteiger partial charge in [-0.3, -0.25) is 4.79 Å². The monoisotopic (exact) mass is 396 g/mol. The lowest BCUT2D eigenvalue weighted by molar-refractivity contribution is 0.0720. The summed E-state index contributed by atoms with van der Waals surface area (Å²) in [7, 11) is 3.16. The molecule has 1 amide bonds. The first-order valence-electron chi connectivity index (χ1n) is 9.69.